The molecule has 0 aliphatic carbocycles. The number of ketones is 1. The Kier molecular flexibility index (Phi) is 4.22. The second-order valence-corrected chi connectivity index (χ2v) is 4.76. The number of piperidine rings is 1. The normalized spacial score (nSPS) is 16.0. The van der Waals surface area contributed by atoms with E-state index >= 15 is 0 Å². The average Bonchev–Trinajstić information content (AvgIpc) is 2.46. The molecule has 5 nitrogen and oxygen atoms in total. The summed E-state index contributed by atoms with van der Waals surface area (Å²) in [7, 11) is 1.36. The lowest BCUT2D eigenvalue weighted by Gasteiger charge is -2.29. The van der Waals surface area contributed by atoms with Crippen molar-refractivity contribution in [3.63, 3.8) is 0 Å². The van der Waals surface area contributed by atoms with Crippen LogP contribution in [0.4, 0.5) is 9.18 Å². The van der Waals surface area contributed by atoms with E-state index < -0.39 is 11.9 Å². The monoisotopic (exact) mass is 281 g/mol. The van der Waals surface area contributed by atoms with Crippen LogP contribution < -0.4 is 4.74 Å². The Hall–Kier alpha value is -2.11. The summed E-state index contributed by atoms with van der Waals surface area (Å²) in [6.07, 6.45) is -0.0243. The molecule has 1 aliphatic rings. The zero-order chi connectivity index (χ0) is 14.7. The fourth-order valence-corrected chi connectivity index (χ4v) is 2.39. The Bertz CT molecular complexity index is 524. The van der Waals surface area contributed by atoms with Gasteiger partial charge in [-0.15, -0.1) is 0 Å². The van der Waals surface area contributed by atoms with Gasteiger partial charge in [-0.2, -0.15) is 0 Å². The van der Waals surface area contributed by atoms with Crippen LogP contribution in [0.2, 0.25) is 0 Å². The second-order valence-electron chi connectivity index (χ2n) is 4.76. The maximum absolute atomic E-state index is 13.6. The maximum atomic E-state index is 13.6. The third kappa shape index (κ3) is 2.89. The van der Waals surface area contributed by atoms with Gasteiger partial charge in [0.15, 0.2) is 17.3 Å². The molecule has 0 spiro atoms. The van der Waals surface area contributed by atoms with Gasteiger partial charge in [0, 0.05) is 24.6 Å². The molecular formula is C14H16FNO4. The molecule has 0 bridgehead atoms. The lowest BCUT2D eigenvalue weighted by molar-refractivity contribution is 0.0821. The Morgan fingerprint density at radius 2 is 2.00 bits per heavy atom. The molecule has 0 saturated carbocycles. The number of benzene rings is 1. The van der Waals surface area contributed by atoms with Crippen LogP contribution in [-0.2, 0) is 0 Å². The van der Waals surface area contributed by atoms with Crippen molar-refractivity contribution in [2.24, 2.45) is 5.92 Å². The Balaban J connectivity index is 2.05. The highest BCUT2D eigenvalue weighted by Crippen LogP contribution is 2.24. The summed E-state index contributed by atoms with van der Waals surface area (Å²) in [5.74, 6) is -0.862. The highest BCUT2D eigenvalue weighted by Gasteiger charge is 2.28. The molecular weight excluding hydrogens is 265 g/mol. The molecule has 1 N–H and O–H groups in total. The molecule has 1 aliphatic heterocycles. The molecule has 0 atom stereocenters. The van der Waals surface area contributed by atoms with Gasteiger partial charge < -0.3 is 14.7 Å². The summed E-state index contributed by atoms with van der Waals surface area (Å²) in [4.78, 5) is 24.3. The predicted molar refractivity (Wildman–Crippen MR) is 69.6 cm³/mol. The standard InChI is InChI=1S/C14H16FNO4/c1-20-12-3-2-10(8-11(12)15)13(17)9-4-6-16(7-5-9)14(18)19/h2-3,8-9H,4-7H2,1H3,(H,18,19). The van der Waals surface area contributed by atoms with Crippen LogP contribution in [0.3, 0.4) is 0 Å². The van der Waals surface area contributed by atoms with E-state index in [9.17, 15) is 14.0 Å². The summed E-state index contributed by atoms with van der Waals surface area (Å²) in [6.45, 7) is 0.675. The largest absolute Gasteiger partial charge is 0.494 e. The fraction of sp³-hybridized carbons (Fsp3) is 0.429. The molecule has 1 fully saturated rings. The molecule has 108 valence electrons. The number of Topliss-reactive ketones (excluding diaryl/α,β-unsaturated/α-hetero) is 1. The molecule has 1 aromatic carbocycles. The molecule has 0 aromatic heterocycles. The molecule has 1 aromatic rings. The molecule has 20 heavy (non-hydrogen) atoms. The quantitative estimate of drug-likeness (QED) is 0.864. The third-order valence-electron chi connectivity index (χ3n) is 3.57. The smallest absolute Gasteiger partial charge is 0.407 e. The number of amides is 1. The van der Waals surface area contributed by atoms with Crippen LogP contribution in [0.1, 0.15) is 23.2 Å². The van der Waals surface area contributed by atoms with Crippen LogP contribution in [-0.4, -0.2) is 42.1 Å². The first-order valence-corrected chi connectivity index (χ1v) is 6.38. The minimum Gasteiger partial charge on any atom is -0.494 e. The van der Waals surface area contributed by atoms with Crippen molar-refractivity contribution in [1.29, 1.82) is 0 Å². The summed E-state index contributed by atoms with van der Waals surface area (Å²) in [6, 6.07) is 4.13. The van der Waals surface area contributed by atoms with Crippen molar-refractivity contribution in [1.82, 2.24) is 4.90 Å². The average molecular weight is 281 g/mol. The van der Waals surface area contributed by atoms with Crippen molar-refractivity contribution in [2.45, 2.75) is 12.8 Å². The van der Waals surface area contributed by atoms with Gasteiger partial charge in [0.25, 0.3) is 0 Å². The summed E-state index contributed by atoms with van der Waals surface area (Å²) >= 11 is 0. The Labute approximate surface area is 116 Å². The molecule has 1 heterocycles. The summed E-state index contributed by atoms with van der Waals surface area (Å²) < 4.78 is 18.4. The van der Waals surface area contributed by atoms with Crippen LogP contribution in [0, 0.1) is 11.7 Å². The van der Waals surface area contributed by atoms with Gasteiger partial charge in [-0.3, -0.25) is 4.79 Å². The summed E-state index contributed by atoms with van der Waals surface area (Å²) in [5, 5.41) is 8.85. The van der Waals surface area contributed by atoms with Gasteiger partial charge in [0.05, 0.1) is 7.11 Å². The lowest BCUT2D eigenvalue weighted by atomic mass is 9.89. The zero-order valence-corrected chi connectivity index (χ0v) is 11.1. The van der Waals surface area contributed by atoms with E-state index in [0.717, 1.165) is 0 Å². The van der Waals surface area contributed by atoms with Gasteiger partial charge in [-0.1, -0.05) is 0 Å². The van der Waals surface area contributed by atoms with E-state index in [-0.39, 0.29) is 17.5 Å². The summed E-state index contributed by atoms with van der Waals surface area (Å²) in [5.41, 5.74) is 0.303. The molecule has 2 rings (SSSR count). The molecule has 6 heteroatoms. The number of carboxylic acid groups (broad SMARTS) is 1. The zero-order valence-electron chi connectivity index (χ0n) is 11.1. The van der Waals surface area contributed by atoms with E-state index in [0.29, 0.717) is 31.5 Å². The van der Waals surface area contributed by atoms with Crippen LogP contribution in [0.5, 0.6) is 5.75 Å². The lowest BCUT2D eigenvalue weighted by Crippen LogP contribution is -2.39. The number of nitrogens with zero attached hydrogens (tertiary/aromatic N) is 1. The van der Waals surface area contributed by atoms with Gasteiger partial charge in [-0.05, 0) is 31.0 Å². The minimum absolute atomic E-state index is 0.0993. The number of rotatable bonds is 3. The van der Waals surface area contributed by atoms with Crippen molar-refractivity contribution < 1.29 is 23.8 Å². The highest BCUT2D eigenvalue weighted by molar-refractivity contribution is 5.98. The first kappa shape index (κ1) is 14.3. The molecule has 1 saturated heterocycles. The number of ether oxygens (including phenoxy) is 1. The molecule has 0 unspecified atom stereocenters. The van der Waals surface area contributed by atoms with Crippen LogP contribution in [0.15, 0.2) is 18.2 Å². The van der Waals surface area contributed by atoms with Gasteiger partial charge in [-0.25, -0.2) is 9.18 Å². The highest BCUT2D eigenvalue weighted by atomic mass is 19.1. The van der Waals surface area contributed by atoms with Gasteiger partial charge in [0.1, 0.15) is 0 Å². The maximum Gasteiger partial charge on any atom is 0.407 e. The van der Waals surface area contributed by atoms with E-state index in [2.05, 4.69) is 0 Å². The number of hydrogen-bond acceptors (Lipinski definition) is 3. The number of halogens is 1. The Morgan fingerprint density at radius 3 is 2.50 bits per heavy atom. The first-order chi connectivity index (χ1) is 9.52. The second kappa shape index (κ2) is 5.90. The predicted octanol–water partition coefficient (Wildman–Crippen LogP) is 2.41. The van der Waals surface area contributed by atoms with Gasteiger partial charge in [0.2, 0.25) is 0 Å². The van der Waals surface area contributed by atoms with Crippen molar-refractivity contribution >= 4 is 11.9 Å². The number of carbonyl (C=O) groups excluding carboxylic acids is 1. The molecule has 1 amide bonds. The fourth-order valence-electron chi connectivity index (χ4n) is 2.39. The third-order valence-corrected chi connectivity index (χ3v) is 3.57. The van der Waals surface area contributed by atoms with E-state index in [1.54, 1.807) is 0 Å². The van der Waals surface area contributed by atoms with Crippen molar-refractivity contribution in [3.05, 3.63) is 29.6 Å². The number of hydrogen-bond donors (Lipinski definition) is 1. The van der Waals surface area contributed by atoms with E-state index in [1.165, 1.54) is 30.2 Å². The Morgan fingerprint density at radius 1 is 1.35 bits per heavy atom. The van der Waals surface area contributed by atoms with E-state index in [1.807, 2.05) is 0 Å². The van der Waals surface area contributed by atoms with Crippen LogP contribution >= 0.6 is 0 Å². The van der Waals surface area contributed by atoms with Crippen LogP contribution in [0.25, 0.3) is 0 Å². The van der Waals surface area contributed by atoms with Gasteiger partial charge >= 0.3 is 6.09 Å². The van der Waals surface area contributed by atoms with Crippen molar-refractivity contribution in [3.8, 4) is 5.75 Å². The molecule has 0 radical (unpaired) electrons. The number of methoxy groups -OCH3 is 1. The SMILES string of the molecule is COc1ccc(C(=O)C2CCN(C(=O)O)CC2)cc1F. The van der Waals surface area contributed by atoms with Crippen molar-refractivity contribution in [2.75, 3.05) is 20.2 Å². The topological polar surface area (TPSA) is 66.8 Å². The first-order valence-electron chi connectivity index (χ1n) is 6.38. The minimum atomic E-state index is -0.966. The number of likely N-dealkylation sites (tertiary alicyclic amines) is 1. The number of carbonyl (C=O) groups is 2. The van der Waals surface area contributed by atoms with E-state index in [4.69, 9.17) is 9.84 Å².